The molecule has 288 valence electrons. The van der Waals surface area contributed by atoms with Crippen molar-refractivity contribution in [3.8, 4) is 67.5 Å². The number of aromatic nitrogens is 3. The third-order valence-corrected chi connectivity index (χ3v) is 10.3. The molecule has 57 heavy (non-hydrogen) atoms. The molecule has 5 heteroatoms. The number of para-hydroxylation sites is 1. The maximum Gasteiger partial charge on any atom is 0.148 e. The molecular weight excluding hydrogens is 878 g/mol. The van der Waals surface area contributed by atoms with E-state index in [0.29, 0.717) is 34.1 Å². The third-order valence-electron chi connectivity index (χ3n) is 10.3. The first-order chi connectivity index (χ1) is 29.0. The van der Waals surface area contributed by atoms with Crippen LogP contribution in [0.5, 0.6) is 5.75 Å². The fraction of sp³-hybridized carbons (Fsp3) is 0.192. The standard InChI is InChI=1S/C52H48N3O.Pt/c1-33(2)25-39-31-43(21-22-44(39)37-17-12-9-13-18-37)55-48-20-14-19-45(49(48)54-51(55)46-27-34(3)26-35(4)50(46)56)40-28-41(30-42(29-40)52(5,6)7)47-32-38(23-24-53-47)36-15-10-8-11-16-36;/h8-24,26-27,29-33,56H,25H2,1-7H3;/q-1;/i8D,10D,11D,15D,16D;. The maximum atomic E-state index is 11.7. The minimum atomic E-state index is -0.434. The van der Waals surface area contributed by atoms with Crippen LogP contribution >= 0.6 is 0 Å². The summed E-state index contributed by atoms with van der Waals surface area (Å²) < 4.78 is 44.1. The molecule has 0 aliphatic heterocycles. The molecule has 0 amide bonds. The Bertz CT molecular complexity index is 2980. The number of aromatic hydroxyl groups is 1. The molecule has 6 aromatic carbocycles. The van der Waals surface area contributed by atoms with Crippen molar-refractivity contribution in [3.05, 3.63) is 168 Å². The molecule has 0 radical (unpaired) electrons. The summed E-state index contributed by atoms with van der Waals surface area (Å²) in [5.74, 6) is 1.22. The van der Waals surface area contributed by atoms with Gasteiger partial charge in [-0.15, -0.1) is 29.3 Å². The molecule has 0 bridgehead atoms. The first-order valence-corrected chi connectivity index (χ1v) is 19.1. The number of fused-ring (bicyclic) bond motifs is 1. The number of hydrogen-bond donors (Lipinski definition) is 1. The molecule has 0 aliphatic rings. The van der Waals surface area contributed by atoms with E-state index in [9.17, 15) is 5.11 Å². The van der Waals surface area contributed by atoms with Crippen LogP contribution in [0, 0.1) is 25.8 Å². The first-order valence-electron chi connectivity index (χ1n) is 21.6. The van der Waals surface area contributed by atoms with Crippen molar-refractivity contribution < 1.29 is 33.0 Å². The Morgan fingerprint density at radius 2 is 1.51 bits per heavy atom. The molecule has 2 heterocycles. The van der Waals surface area contributed by atoms with Gasteiger partial charge in [0.1, 0.15) is 11.6 Å². The molecule has 8 rings (SSSR count). The van der Waals surface area contributed by atoms with Crippen molar-refractivity contribution in [2.45, 2.75) is 60.3 Å². The fourth-order valence-electron chi connectivity index (χ4n) is 7.53. The van der Waals surface area contributed by atoms with E-state index in [4.69, 9.17) is 16.8 Å². The van der Waals surface area contributed by atoms with Gasteiger partial charge in [-0.25, -0.2) is 4.98 Å². The van der Waals surface area contributed by atoms with Gasteiger partial charge < -0.3 is 5.11 Å². The quantitative estimate of drug-likeness (QED) is 0.155. The van der Waals surface area contributed by atoms with Gasteiger partial charge in [0.25, 0.3) is 0 Å². The summed E-state index contributed by atoms with van der Waals surface area (Å²) >= 11 is 0. The van der Waals surface area contributed by atoms with Gasteiger partial charge in [0, 0.05) is 38.6 Å². The summed E-state index contributed by atoms with van der Waals surface area (Å²) in [5, 5.41) is 11.7. The topological polar surface area (TPSA) is 50.9 Å². The summed E-state index contributed by atoms with van der Waals surface area (Å²) in [7, 11) is 0. The van der Waals surface area contributed by atoms with Gasteiger partial charge in [0.2, 0.25) is 0 Å². The van der Waals surface area contributed by atoms with Gasteiger partial charge in [0.05, 0.1) is 23.5 Å². The number of pyridine rings is 1. The van der Waals surface area contributed by atoms with E-state index in [-0.39, 0.29) is 62.0 Å². The zero-order chi connectivity index (χ0) is 43.5. The van der Waals surface area contributed by atoms with E-state index in [2.05, 4.69) is 106 Å². The van der Waals surface area contributed by atoms with Crippen LogP contribution in [0.25, 0.3) is 72.7 Å². The molecule has 8 aromatic rings. The zero-order valence-corrected chi connectivity index (χ0v) is 35.6. The number of rotatable bonds is 8. The number of aryl methyl sites for hydroxylation is 2. The van der Waals surface area contributed by atoms with E-state index >= 15 is 0 Å². The van der Waals surface area contributed by atoms with E-state index in [1.165, 1.54) is 11.1 Å². The summed E-state index contributed by atoms with van der Waals surface area (Å²) in [5.41, 5.74) is 12.7. The minimum Gasteiger partial charge on any atom is -0.507 e. The normalized spacial score (nSPS) is 12.8. The van der Waals surface area contributed by atoms with Crippen LogP contribution < -0.4 is 0 Å². The van der Waals surface area contributed by atoms with E-state index < -0.39 is 6.04 Å². The molecule has 0 saturated carbocycles. The average Bonchev–Trinajstić information content (AvgIpc) is 3.63. The molecule has 0 unspecified atom stereocenters. The Balaban J connectivity index is 0.00000578. The first kappa shape index (κ1) is 33.6. The smallest absolute Gasteiger partial charge is 0.148 e. The van der Waals surface area contributed by atoms with E-state index in [0.717, 1.165) is 56.5 Å². The van der Waals surface area contributed by atoms with Gasteiger partial charge in [-0.2, -0.15) is 0 Å². The monoisotopic (exact) mass is 930 g/mol. The third kappa shape index (κ3) is 8.02. The van der Waals surface area contributed by atoms with Crippen molar-refractivity contribution in [2.75, 3.05) is 0 Å². The fourth-order valence-corrected chi connectivity index (χ4v) is 7.53. The average molecular weight is 931 g/mol. The number of benzene rings is 6. The summed E-state index contributed by atoms with van der Waals surface area (Å²) in [6.45, 7) is 14.9. The van der Waals surface area contributed by atoms with Crippen LogP contribution in [-0.4, -0.2) is 19.6 Å². The second kappa shape index (κ2) is 16.1. The molecule has 4 nitrogen and oxygen atoms in total. The Hall–Kier alpha value is -5.57. The Kier molecular flexibility index (Phi) is 9.49. The van der Waals surface area contributed by atoms with Crippen LogP contribution in [0.1, 0.15) is 63.7 Å². The van der Waals surface area contributed by atoms with Gasteiger partial charge in [-0.3, -0.25) is 9.55 Å². The number of imidazole rings is 1. The summed E-state index contributed by atoms with van der Waals surface area (Å²) in [6.07, 6.45) is 2.48. The van der Waals surface area contributed by atoms with Crippen LogP contribution in [0.3, 0.4) is 0 Å². The SMILES string of the molecule is [2H]c1c([2H])c([2H])c(-c2ccnc(-c3[c-]c(-c4cccc5c4nc(-c4cc(C)cc(C)c4O)n5-c4ccc(-c5ccccc5)c(CC(C)C)c4)cc(C(C)(C)C)c3)c2)c([2H])c1[2H].[Pt]. The predicted octanol–water partition coefficient (Wildman–Crippen LogP) is 13.4. The Labute approximate surface area is 358 Å². The summed E-state index contributed by atoms with van der Waals surface area (Å²) in [4.78, 5) is 10.1. The Morgan fingerprint density at radius 3 is 2.25 bits per heavy atom. The predicted molar refractivity (Wildman–Crippen MR) is 233 cm³/mol. The summed E-state index contributed by atoms with van der Waals surface area (Å²) in [6, 6.07) is 36.7. The van der Waals surface area contributed by atoms with Gasteiger partial charge in [0.15, 0.2) is 0 Å². The largest absolute Gasteiger partial charge is 0.507 e. The molecule has 2 aromatic heterocycles. The van der Waals surface area contributed by atoms with Crippen molar-refractivity contribution in [3.63, 3.8) is 0 Å². The van der Waals surface area contributed by atoms with Gasteiger partial charge in [-0.05, 0) is 101 Å². The van der Waals surface area contributed by atoms with Gasteiger partial charge >= 0.3 is 0 Å². The van der Waals surface area contributed by atoms with Crippen LogP contribution in [0.4, 0.5) is 0 Å². The Morgan fingerprint density at radius 1 is 0.754 bits per heavy atom. The van der Waals surface area contributed by atoms with Crippen molar-refractivity contribution >= 4 is 11.0 Å². The minimum absolute atomic E-state index is 0. The zero-order valence-electron chi connectivity index (χ0n) is 38.3. The van der Waals surface area contributed by atoms with Crippen LogP contribution in [0.2, 0.25) is 0 Å². The number of phenolic OH excluding ortho intramolecular Hbond substituents is 1. The van der Waals surface area contributed by atoms with Crippen LogP contribution in [-0.2, 0) is 32.9 Å². The molecule has 0 fully saturated rings. The van der Waals surface area contributed by atoms with Crippen molar-refractivity contribution in [1.29, 1.82) is 0 Å². The second-order valence-corrected chi connectivity index (χ2v) is 16.1. The molecule has 0 spiro atoms. The maximum absolute atomic E-state index is 11.7. The van der Waals surface area contributed by atoms with Crippen molar-refractivity contribution in [2.24, 2.45) is 5.92 Å². The molecular formula is C52H48N3OPt-. The number of nitrogens with zero attached hydrogens (tertiary/aromatic N) is 3. The second-order valence-electron chi connectivity index (χ2n) is 16.1. The molecule has 0 aliphatic carbocycles. The van der Waals surface area contributed by atoms with Crippen molar-refractivity contribution in [1.82, 2.24) is 14.5 Å². The molecule has 1 N–H and O–H groups in total. The van der Waals surface area contributed by atoms with Crippen LogP contribution in [0.15, 0.2) is 140 Å². The van der Waals surface area contributed by atoms with Gasteiger partial charge in [-0.1, -0.05) is 137 Å². The number of hydrogen-bond acceptors (Lipinski definition) is 3. The molecule has 0 saturated heterocycles. The van der Waals surface area contributed by atoms with E-state index in [1.54, 1.807) is 18.3 Å². The molecule has 0 atom stereocenters. The van der Waals surface area contributed by atoms with E-state index in [1.807, 2.05) is 44.2 Å². The number of phenols is 1.